The number of nitrogens with zero attached hydrogens (tertiary/aromatic N) is 1. The van der Waals surface area contributed by atoms with E-state index in [1.165, 1.54) is 0 Å². The Hall–Kier alpha value is -2.10. The first kappa shape index (κ1) is 11.0. The maximum atomic E-state index is 11.3. The predicted molar refractivity (Wildman–Crippen MR) is 66.8 cm³/mol. The first-order valence-electron chi connectivity index (χ1n) is 5.84. The second-order valence-electron chi connectivity index (χ2n) is 4.64. The van der Waals surface area contributed by atoms with E-state index in [0.717, 1.165) is 16.3 Å². The molecule has 4 heteroatoms. The Kier molecular flexibility index (Phi) is 2.26. The van der Waals surface area contributed by atoms with E-state index in [0.29, 0.717) is 18.7 Å². The summed E-state index contributed by atoms with van der Waals surface area (Å²) in [5.74, 6) is -0.208. The van der Waals surface area contributed by atoms with Crippen LogP contribution in [0.4, 0.5) is 0 Å². The number of carbonyl (C=O) groups is 1. The van der Waals surface area contributed by atoms with Crippen LogP contribution in [0.15, 0.2) is 30.5 Å². The molecule has 0 spiro atoms. The van der Waals surface area contributed by atoms with E-state index in [9.17, 15) is 9.90 Å². The van der Waals surface area contributed by atoms with Crippen molar-refractivity contribution in [3.63, 3.8) is 0 Å². The summed E-state index contributed by atoms with van der Waals surface area (Å²) < 4.78 is 5.22. The quantitative estimate of drug-likeness (QED) is 0.899. The number of rotatable bonds is 3. The zero-order valence-electron chi connectivity index (χ0n) is 10.0. The Balaban J connectivity index is 2.19. The topological polar surface area (TPSA) is 59.4 Å². The third-order valence-electron chi connectivity index (χ3n) is 3.63. The highest BCUT2D eigenvalue weighted by Gasteiger charge is 2.51. The van der Waals surface area contributed by atoms with Crippen molar-refractivity contribution < 1.29 is 14.6 Å². The van der Waals surface area contributed by atoms with Crippen LogP contribution in [-0.2, 0) is 10.2 Å². The largest absolute Gasteiger partial charge is 0.481 e. The van der Waals surface area contributed by atoms with Crippen LogP contribution in [0.5, 0.6) is 5.88 Å². The van der Waals surface area contributed by atoms with Crippen molar-refractivity contribution in [3.05, 3.63) is 36.0 Å². The molecule has 0 bridgehead atoms. The van der Waals surface area contributed by atoms with Crippen molar-refractivity contribution in [2.24, 2.45) is 0 Å². The smallest absolute Gasteiger partial charge is 0.314 e. The number of fused-ring (bicyclic) bond motifs is 1. The molecule has 18 heavy (non-hydrogen) atoms. The highest BCUT2D eigenvalue weighted by molar-refractivity contribution is 5.91. The van der Waals surface area contributed by atoms with Gasteiger partial charge in [0.15, 0.2) is 0 Å². The minimum Gasteiger partial charge on any atom is -0.481 e. The molecule has 1 aliphatic carbocycles. The zero-order chi connectivity index (χ0) is 12.8. The molecule has 0 atom stereocenters. The van der Waals surface area contributed by atoms with Crippen LogP contribution in [0.25, 0.3) is 10.8 Å². The van der Waals surface area contributed by atoms with E-state index < -0.39 is 11.4 Å². The van der Waals surface area contributed by atoms with Crippen LogP contribution in [0.3, 0.4) is 0 Å². The van der Waals surface area contributed by atoms with Gasteiger partial charge in [0, 0.05) is 11.6 Å². The van der Waals surface area contributed by atoms with Crippen LogP contribution in [0.2, 0.25) is 0 Å². The van der Waals surface area contributed by atoms with Crippen molar-refractivity contribution in [1.29, 1.82) is 0 Å². The molecular weight excluding hydrogens is 230 g/mol. The molecule has 0 radical (unpaired) electrons. The number of methoxy groups -OCH3 is 1. The lowest BCUT2D eigenvalue weighted by molar-refractivity contribution is -0.140. The Bertz CT molecular complexity index is 632. The number of carboxylic acids is 1. The van der Waals surface area contributed by atoms with Gasteiger partial charge in [-0.25, -0.2) is 4.98 Å². The van der Waals surface area contributed by atoms with Gasteiger partial charge in [0.1, 0.15) is 0 Å². The maximum absolute atomic E-state index is 11.3. The van der Waals surface area contributed by atoms with Crippen LogP contribution in [0.1, 0.15) is 18.4 Å². The number of carboxylic acid groups (broad SMARTS) is 1. The third kappa shape index (κ3) is 1.45. The number of benzene rings is 1. The van der Waals surface area contributed by atoms with E-state index in [1.807, 2.05) is 24.3 Å². The fourth-order valence-electron chi connectivity index (χ4n) is 2.35. The molecule has 0 amide bonds. The second-order valence-corrected chi connectivity index (χ2v) is 4.64. The van der Waals surface area contributed by atoms with Gasteiger partial charge in [-0.2, -0.15) is 0 Å². The summed E-state index contributed by atoms with van der Waals surface area (Å²) in [7, 11) is 1.57. The Morgan fingerprint density at radius 2 is 2.17 bits per heavy atom. The van der Waals surface area contributed by atoms with Crippen LogP contribution in [-0.4, -0.2) is 23.2 Å². The van der Waals surface area contributed by atoms with E-state index in [2.05, 4.69) is 4.98 Å². The summed E-state index contributed by atoms with van der Waals surface area (Å²) in [6.45, 7) is 0. The molecule has 1 N–H and O–H groups in total. The highest BCUT2D eigenvalue weighted by atomic mass is 16.5. The van der Waals surface area contributed by atoms with Crippen molar-refractivity contribution >= 4 is 16.7 Å². The molecule has 0 aliphatic heterocycles. The summed E-state index contributed by atoms with van der Waals surface area (Å²) in [6, 6.07) is 7.60. The summed E-state index contributed by atoms with van der Waals surface area (Å²) in [6.07, 6.45) is 3.10. The number of hydrogen-bond donors (Lipinski definition) is 1. The van der Waals surface area contributed by atoms with Gasteiger partial charge in [-0.3, -0.25) is 4.79 Å². The van der Waals surface area contributed by atoms with Gasteiger partial charge in [-0.15, -0.1) is 0 Å². The summed E-state index contributed by atoms with van der Waals surface area (Å²) in [5.41, 5.74) is 0.156. The first-order chi connectivity index (χ1) is 8.67. The second kappa shape index (κ2) is 3.70. The monoisotopic (exact) mass is 243 g/mol. The number of hydrogen-bond acceptors (Lipinski definition) is 3. The van der Waals surface area contributed by atoms with Crippen LogP contribution in [0, 0.1) is 0 Å². The molecule has 1 fully saturated rings. The molecule has 1 aromatic heterocycles. The lowest BCUT2D eigenvalue weighted by Gasteiger charge is -2.12. The molecule has 2 aromatic rings. The van der Waals surface area contributed by atoms with Crippen molar-refractivity contribution in [3.8, 4) is 5.88 Å². The number of aliphatic carboxylic acids is 1. The van der Waals surface area contributed by atoms with Gasteiger partial charge in [-0.1, -0.05) is 12.1 Å². The zero-order valence-corrected chi connectivity index (χ0v) is 10.0. The molecule has 0 saturated heterocycles. The molecule has 92 valence electrons. The number of aromatic nitrogens is 1. The van der Waals surface area contributed by atoms with Crippen molar-refractivity contribution in [2.45, 2.75) is 18.3 Å². The summed E-state index contributed by atoms with van der Waals surface area (Å²) in [4.78, 5) is 15.5. The van der Waals surface area contributed by atoms with Crippen LogP contribution < -0.4 is 4.74 Å². The van der Waals surface area contributed by atoms with Gasteiger partial charge in [-0.05, 0) is 35.9 Å². The average molecular weight is 243 g/mol. The van der Waals surface area contributed by atoms with Gasteiger partial charge in [0.05, 0.1) is 12.5 Å². The molecule has 4 nitrogen and oxygen atoms in total. The minimum atomic E-state index is -0.746. The lowest BCUT2D eigenvalue weighted by atomic mass is 9.94. The first-order valence-corrected chi connectivity index (χ1v) is 5.84. The van der Waals surface area contributed by atoms with Gasteiger partial charge < -0.3 is 9.84 Å². The van der Waals surface area contributed by atoms with Gasteiger partial charge in [0.2, 0.25) is 5.88 Å². The number of ether oxygens (including phenoxy) is 1. The molecule has 0 unspecified atom stereocenters. The van der Waals surface area contributed by atoms with E-state index in [4.69, 9.17) is 4.74 Å². The SMILES string of the molecule is COc1nccc2ccc(C3(C(=O)O)CC3)cc12. The number of pyridine rings is 1. The van der Waals surface area contributed by atoms with Gasteiger partial charge in [0.25, 0.3) is 0 Å². The lowest BCUT2D eigenvalue weighted by Crippen LogP contribution is -2.19. The Labute approximate surface area is 104 Å². The van der Waals surface area contributed by atoms with E-state index >= 15 is 0 Å². The molecule has 1 saturated carbocycles. The minimum absolute atomic E-state index is 0.538. The fourth-order valence-corrected chi connectivity index (χ4v) is 2.35. The average Bonchev–Trinajstić information content (AvgIpc) is 3.19. The Morgan fingerprint density at radius 1 is 1.39 bits per heavy atom. The predicted octanol–water partition coefficient (Wildman–Crippen LogP) is 2.36. The third-order valence-corrected chi connectivity index (χ3v) is 3.63. The maximum Gasteiger partial charge on any atom is 0.314 e. The van der Waals surface area contributed by atoms with E-state index in [-0.39, 0.29) is 0 Å². The Morgan fingerprint density at radius 3 is 2.78 bits per heavy atom. The molecule has 3 rings (SSSR count). The highest BCUT2D eigenvalue weighted by Crippen LogP contribution is 2.49. The van der Waals surface area contributed by atoms with Crippen molar-refractivity contribution in [2.75, 3.05) is 7.11 Å². The molecule has 1 heterocycles. The summed E-state index contributed by atoms with van der Waals surface area (Å²) in [5, 5.41) is 11.2. The van der Waals surface area contributed by atoms with Crippen molar-refractivity contribution in [1.82, 2.24) is 4.98 Å². The normalized spacial score (nSPS) is 16.5. The fraction of sp³-hybridized carbons (Fsp3) is 0.286. The van der Waals surface area contributed by atoms with Gasteiger partial charge >= 0.3 is 5.97 Å². The molecular formula is C14H13NO3. The molecule has 1 aromatic carbocycles. The molecule has 1 aliphatic rings. The summed E-state index contributed by atoms with van der Waals surface area (Å²) >= 11 is 0. The van der Waals surface area contributed by atoms with E-state index in [1.54, 1.807) is 13.3 Å². The standard InChI is InChI=1S/C14H13NO3/c1-18-12-11-8-10(14(5-6-14)13(16)17)3-2-9(11)4-7-15-12/h2-4,7-8H,5-6H2,1H3,(H,16,17). The van der Waals surface area contributed by atoms with Crippen LogP contribution >= 0.6 is 0 Å².